The molecule has 0 atom stereocenters. The number of carbonyl (C=O) groups excluding carboxylic acids is 1. The number of nitrogens with one attached hydrogen (secondary N) is 1. The largest absolute Gasteiger partial charge is 0.396 e. The Balaban J connectivity index is 2.34. The molecule has 0 aliphatic heterocycles. The number of benzene rings is 1. The van der Waals surface area contributed by atoms with E-state index in [0.717, 1.165) is 12.1 Å². The summed E-state index contributed by atoms with van der Waals surface area (Å²) >= 11 is 0. The highest BCUT2D eigenvalue weighted by molar-refractivity contribution is 6.06. The van der Waals surface area contributed by atoms with Crippen molar-refractivity contribution in [2.45, 2.75) is 13.5 Å². The minimum atomic E-state index is -0.852. The maximum absolute atomic E-state index is 13.4. The van der Waals surface area contributed by atoms with E-state index in [4.69, 9.17) is 5.73 Å². The fourth-order valence-corrected chi connectivity index (χ4v) is 1.68. The zero-order valence-electron chi connectivity index (χ0n) is 10.2. The number of hydrogen-bond acceptors (Lipinski definition) is 3. The van der Waals surface area contributed by atoms with E-state index in [0.29, 0.717) is 6.54 Å². The Morgan fingerprint density at radius 2 is 2.05 bits per heavy atom. The number of nitrogen functional groups attached to an aromatic ring is 1. The standard InChI is InChI=1S/C12H12F2N4O/c1-2-18-11(9(15)6-16-18)12(19)17-10-7(13)4-3-5-8(10)14/h3-6H,2,15H2,1H3,(H,17,19). The van der Waals surface area contributed by atoms with Gasteiger partial charge in [-0.15, -0.1) is 0 Å². The van der Waals surface area contributed by atoms with Crippen molar-refractivity contribution in [2.24, 2.45) is 0 Å². The normalized spacial score (nSPS) is 10.5. The molecule has 1 aromatic carbocycles. The summed E-state index contributed by atoms with van der Waals surface area (Å²) in [6, 6.07) is 3.32. The lowest BCUT2D eigenvalue weighted by molar-refractivity contribution is 0.101. The van der Waals surface area contributed by atoms with E-state index in [-0.39, 0.29) is 11.4 Å². The van der Waals surface area contributed by atoms with E-state index in [2.05, 4.69) is 10.4 Å². The van der Waals surface area contributed by atoms with Crippen molar-refractivity contribution in [1.82, 2.24) is 9.78 Å². The summed E-state index contributed by atoms with van der Waals surface area (Å²) in [6.45, 7) is 2.19. The molecular weight excluding hydrogens is 254 g/mol. The van der Waals surface area contributed by atoms with Crippen LogP contribution in [-0.2, 0) is 6.54 Å². The number of amides is 1. The summed E-state index contributed by atoms with van der Waals surface area (Å²) in [7, 11) is 0. The van der Waals surface area contributed by atoms with Crippen LogP contribution < -0.4 is 11.1 Å². The fraction of sp³-hybridized carbons (Fsp3) is 0.167. The van der Waals surface area contributed by atoms with Crippen LogP contribution in [0.15, 0.2) is 24.4 Å². The zero-order chi connectivity index (χ0) is 14.0. The Morgan fingerprint density at radius 1 is 1.42 bits per heavy atom. The van der Waals surface area contributed by atoms with Crippen LogP contribution in [0.1, 0.15) is 17.4 Å². The molecule has 7 heteroatoms. The minimum absolute atomic E-state index is 0.0742. The average Bonchev–Trinajstić information content (AvgIpc) is 2.75. The molecule has 0 aliphatic rings. The first-order chi connectivity index (χ1) is 9.04. The number of carbonyl (C=O) groups is 1. The molecule has 100 valence electrons. The van der Waals surface area contributed by atoms with Crippen LogP contribution in [0.3, 0.4) is 0 Å². The average molecular weight is 266 g/mol. The molecule has 0 spiro atoms. The molecule has 1 heterocycles. The Labute approximate surface area is 108 Å². The molecule has 3 N–H and O–H groups in total. The highest BCUT2D eigenvalue weighted by Crippen LogP contribution is 2.20. The lowest BCUT2D eigenvalue weighted by atomic mass is 10.2. The maximum atomic E-state index is 13.4. The van der Waals surface area contributed by atoms with Crippen molar-refractivity contribution < 1.29 is 13.6 Å². The summed E-state index contributed by atoms with van der Waals surface area (Å²) in [5.74, 6) is -2.41. The molecule has 0 radical (unpaired) electrons. The van der Waals surface area contributed by atoms with Crippen molar-refractivity contribution in [3.63, 3.8) is 0 Å². The van der Waals surface area contributed by atoms with E-state index >= 15 is 0 Å². The lowest BCUT2D eigenvalue weighted by Crippen LogP contribution is -2.20. The minimum Gasteiger partial charge on any atom is -0.396 e. The highest BCUT2D eigenvalue weighted by atomic mass is 19.1. The number of anilines is 2. The van der Waals surface area contributed by atoms with Crippen molar-refractivity contribution in [1.29, 1.82) is 0 Å². The van der Waals surface area contributed by atoms with Crippen LogP contribution in [0.4, 0.5) is 20.2 Å². The first-order valence-electron chi connectivity index (χ1n) is 5.61. The summed E-state index contributed by atoms with van der Waals surface area (Å²) < 4.78 is 28.2. The van der Waals surface area contributed by atoms with Gasteiger partial charge in [-0.25, -0.2) is 8.78 Å². The zero-order valence-corrected chi connectivity index (χ0v) is 10.2. The molecule has 1 amide bonds. The van der Waals surface area contributed by atoms with Crippen molar-refractivity contribution in [2.75, 3.05) is 11.1 Å². The van der Waals surface area contributed by atoms with Gasteiger partial charge in [0, 0.05) is 6.54 Å². The van der Waals surface area contributed by atoms with E-state index < -0.39 is 23.2 Å². The van der Waals surface area contributed by atoms with Crippen LogP contribution in [0.2, 0.25) is 0 Å². The summed E-state index contributed by atoms with van der Waals surface area (Å²) in [5, 5.41) is 6.05. The van der Waals surface area contributed by atoms with Crippen molar-refractivity contribution in [3.05, 3.63) is 41.7 Å². The van der Waals surface area contributed by atoms with Gasteiger partial charge in [0.1, 0.15) is 23.0 Å². The highest BCUT2D eigenvalue weighted by Gasteiger charge is 2.19. The number of para-hydroxylation sites is 1. The number of nitrogens with zero attached hydrogens (tertiary/aromatic N) is 2. The first-order valence-corrected chi connectivity index (χ1v) is 5.61. The molecule has 0 aliphatic carbocycles. The number of aromatic nitrogens is 2. The van der Waals surface area contributed by atoms with E-state index in [1.807, 2.05) is 0 Å². The molecule has 0 fully saturated rings. The molecule has 0 saturated heterocycles. The number of aryl methyl sites for hydroxylation is 1. The summed E-state index contributed by atoms with van der Waals surface area (Å²) in [4.78, 5) is 12.0. The van der Waals surface area contributed by atoms with E-state index in [9.17, 15) is 13.6 Å². The van der Waals surface area contributed by atoms with E-state index in [1.54, 1.807) is 6.92 Å². The molecule has 19 heavy (non-hydrogen) atoms. The molecule has 2 rings (SSSR count). The maximum Gasteiger partial charge on any atom is 0.276 e. The van der Waals surface area contributed by atoms with E-state index in [1.165, 1.54) is 16.9 Å². The number of hydrogen-bond donors (Lipinski definition) is 2. The lowest BCUT2D eigenvalue weighted by Gasteiger charge is -2.09. The van der Waals surface area contributed by atoms with Crippen molar-refractivity contribution >= 4 is 17.3 Å². The van der Waals surface area contributed by atoms with Gasteiger partial charge in [0.15, 0.2) is 0 Å². The predicted octanol–water partition coefficient (Wildman–Crippen LogP) is 2.02. The monoisotopic (exact) mass is 266 g/mol. The van der Waals surface area contributed by atoms with Crippen LogP contribution >= 0.6 is 0 Å². The van der Waals surface area contributed by atoms with Gasteiger partial charge in [-0.2, -0.15) is 5.10 Å². The molecular formula is C12H12F2N4O. The summed E-state index contributed by atoms with van der Waals surface area (Å²) in [5.41, 5.74) is 5.34. The second-order valence-corrected chi connectivity index (χ2v) is 3.82. The smallest absolute Gasteiger partial charge is 0.276 e. The Morgan fingerprint density at radius 3 is 2.63 bits per heavy atom. The molecule has 1 aromatic heterocycles. The Kier molecular flexibility index (Phi) is 3.46. The second kappa shape index (κ2) is 5.05. The first kappa shape index (κ1) is 13.0. The van der Waals surface area contributed by atoms with Gasteiger partial charge in [0.05, 0.1) is 11.9 Å². The van der Waals surface area contributed by atoms with Crippen molar-refractivity contribution in [3.8, 4) is 0 Å². The third-order valence-corrected chi connectivity index (χ3v) is 2.58. The Hall–Kier alpha value is -2.44. The molecule has 0 unspecified atom stereocenters. The van der Waals surface area contributed by atoms with Gasteiger partial charge >= 0.3 is 0 Å². The van der Waals surface area contributed by atoms with Crippen LogP contribution in [0, 0.1) is 11.6 Å². The van der Waals surface area contributed by atoms with Gasteiger partial charge in [0.25, 0.3) is 5.91 Å². The van der Waals surface area contributed by atoms with Crippen LogP contribution in [-0.4, -0.2) is 15.7 Å². The molecule has 5 nitrogen and oxygen atoms in total. The summed E-state index contributed by atoms with van der Waals surface area (Å²) in [6.07, 6.45) is 1.32. The number of rotatable bonds is 3. The van der Waals surface area contributed by atoms with Gasteiger partial charge in [-0.1, -0.05) is 6.07 Å². The topological polar surface area (TPSA) is 72.9 Å². The van der Waals surface area contributed by atoms with Crippen LogP contribution in [0.25, 0.3) is 0 Å². The van der Waals surface area contributed by atoms with Gasteiger partial charge in [-0.05, 0) is 19.1 Å². The number of nitrogens with two attached hydrogens (primary N) is 1. The molecule has 0 bridgehead atoms. The van der Waals surface area contributed by atoms with Gasteiger partial charge in [0.2, 0.25) is 0 Å². The Bertz CT molecular complexity index is 604. The third kappa shape index (κ3) is 2.40. The van der Waals surface area contributed by atoms with Crippen LogP contribution in [0.5, 0.6) is 0 Å². The van der Waals surface area contributed by atoms with Gasteiger partial charge < -0.3 is 11.1 Å². The second-order valence-electron chi connectivity index (χ2n) is 3.82. The quantitative estimate of drug-likeness (QED) is 0.892. The fourth-order valence-electron chi connectivity index (χ4n) is 1.68. The predicted molar refractivity (Wildman–Crippen MR) is 66.6 cm³/mol. The van der Waals surface area contributed by atoms with Gasteiger partial charge in [-0.3, -0.25) is 9.48 Å². The third-order valence-electron chi connectivity index (χ3n) is 2.58. The molecule has 2 aromatic rings. The SMILES string of the molecule is CCn1ncc(N)c1C(=O)Nc1c(F)cccc1F. The number of halogens is 2. The molecule has 0 saturated carbocycles.